The molecule has 0 unspecified atom stereocenters. The lowest BCUT2D eigenvalue weighted by atomic mass is 10.1. The zero-order valence-electron chi connectivity index (χ0n) is 13.9. The molecule has 0 aliphatic heterocycles. The maximum Gasteiger partial charge on any atom is 0.419 e. The van der Waals surface area contributed by atoms with E-state index in [1.165, 1.54) is 4.57 Å². The number of aromatic nitrogens is 1. The van der Waals surface area contributed by atoms with Gasteiger partial charge in [0.25, 0.3) is 0 Å². The molecule has 0 saturated heterocycles. The third kappa shape index (κ3) is 3.90. The van der Waals surface area contributed by atoms with Crippen LogP contribution in [0.3, 0.4) is 0 Å². The lowest BCUT2D eigenvalue weighted by Gasteiger charge is -2.19. The predicted octanol–water partition coefficient (Wildman–Crippen LogP) is 2.04. The first-order valence-electron chi connectivity index (χ1n) is 7.52. The van der Waals surface area contributed by atoms with Gasteiger partial charge in [-0.3, -0.25) is 9.36 Å². The summed E-state index contributed by atoms with van der Waals surface area (Å²) in [6.07, 6.45) is 1.59. The Kier molecular flexibility index (Phi) is 4.75. The Balaban J connectivity index is 2.40. The van der Waals surface area contributed by atoms with Crippen molar-refractivity contribution in [1.82, 2.24) is 9.88 Å². The van der Waals surface area contributed by atoms with E-state index >= 15 is 0 Å². The number of hydrogen-bond donors (Lipinski definition) is 2. The van der Waals surface area contributed by atoms with Gasteiger partial charge in [-0.15, -0.1) is 0 Å². The van der Waals surface area contributed by atoms with E-state index in [1.54, 1.807) is 13.2 Å². The molecule has 2 aromatic rings. The maximum atomic E-state index is 12.4. The number of hydrogen-bond acceptors (Lipinski definition) is 4. The molecule has 0 aliphatic carbocycles. The van der Waals surface area contributed by atoms with Crippen molar-refractivity contribution >= 4 is 22.9 Å². The van der Waals surface area contributed by atoms with E-state index in [4.69, 9.17) is 10.5 Å². The molecule has 1 amide bonds. The van der Waals surface area contributed by atoms with E-state index in [9.17, 15) is 9.59 Å². The van der Waals surface area contributed by atoms with E-state index in [0.29, 0.717) is 6.42 Å². The Morgan fingerprint density at radius 1 is 1.30 bits per heavy atom. The van der Waals surface area contributed by atoms with Crippen LogP contribution in [0.1, 0.15) is 26.3 Å². The number of amides is 1. The molecular formula is C17H23N3O3. The van der Waals surface area contributed by atoms with Gasteiger partial charge in [-0.2, -0.15) is 0 Å². The third-order valence-corrected chi connectivity index (χ3v) is 3.41. The van der Waals surface area contributed by atoms with E-state index < -0.39 is 17.7 Å². The molecule has 0 fully saturated rings. The van der Waals surface area contributed by atoms with E-state index in [0.717, 1.165) is 16.5 Å². The normalized spacial score (nSPS) is 12.9. The molecule has 23 heavy (non-hydrogen) atoms. The monoisotopic (exact) mass is 317 g/mol. The highest BCUT2D eigenvalue weighted by atomic mass is 16.6. The molecule has 1 aromatic heterocycles. The quantitative estimate of drug-likeness (QED) is 0.907. The minimum Gasteiger partial charge on any atom is -0.443 e. The van der Waals surface area contributed by atoms with Crippen molar-refractivity contribution in [3.05, 3.63) is 36.0 Å². The number of nitrogens with one attached hydrogen (secondary N) is 1. The minimum atomic E-state index is -0.669. The van der Waals surface area contributed by atoms with Gasteiger partial charge in [-0.1, -0.05) is 18.2 Å². The zero-order chi connectivity index (χ0) is 17.2. The Hall–Kier alpha value is -2.34. The Morgan fingerprint density at radius 2 is 1.96 bits per heavy atom. The zero-order valence-corrected chi connectivity index (χ0v) is 13.9. The lowest BCUT2D eigenvalue weighted by molar-refractivity contribution is -0.121. The minimum absolute atomic E-state index is 0.237. The standard InChI is InChI=1S/C17H23N3O3/c1-17(2,3)23-16(22)20-10-11(9-13(18)15(21)19-4)12-7-5-6-8-14(12)20/h5-8,10,13H,9,18H2,1-4H3,(H,19,21)/t13-/m0/s1. The number of nitrogens with zero attached hydrogens (tertiary/aromatic N) is 1. The number of carbonyl (C=O) groups is 2. The molecule has 0 saturated carbocycles. The fourth-order valence-electron chi connectivity index (χ4n) is 2.39. The first-order chi connectivity index (χ1) is 10.7. The number of nitrogens with two attached hydrogens (primary N) is 1. The average Bonchev–Trinajstić information content (AvgIpc) is 2.84. The number of rotatable bonds is 3. The van der Waals surface area contributed by atoms with E-state index in [2.05, 4.69) is 5.32 Å². The Morgan fingerprint density at radius 3 is 2.57 bits per heavy atom. The molecule has 6 heteroatoms. The van der Waals surface area contributed by atoms with Crippen LogP contribution < -0.4 is 11.1 Å². The summed E-state index contributed by atoms with van der Waals surface area (Å²) >= 11 is 0. The highest BCUT2D eigenvalue weighted by Gasteiger charge is 2.22. The number of fused-ring (bicyclic) bond motifs is 1. The summed E-state index contributed by atoms with van der Waals surface area (Å²) in [5.74, 6) is -0.237. The highest BCUT2D eigenvalue weighted by Crippen LogP contribution is 2.23. The van der Waals surface area contributed by atoms with Crippen molar-refractivity contribution < 1.29 is 14.3 Å². The molecule has 0 spiro atoms. The van der Waals surface area contributed by atoms with E-state index in [1.807, 2.05) is 45.0 Å². The van der Waals surface area contributed by atoms with Crippen molar-refractivity contribution in [3.63, 3.8) is 0 Å². The summed E-state index contributed by atoms with van der Waals surface area (Å²) in [4.78, 5) is 24.0. The molecule has 1 atom stereocenters. The topological polar surface area (TPSA) is 86.4 Å². The molecule has 0 aliphatic rings. The smallest absolute Gasteiger partial charge is 0.419 e. The molecule has 1 heterocycles. The number of benzene rings is 1. The molecule has 3 N–H and O–H groups in total. The van der Waals surface area contributed by atoms with Crippen LogP contribution in [-0.4, -0.2) is 35.3 Å². The van der Waals surface area contributed by atoms with Crippen molar-refractivity contribution in [2.45, 2.75) is 38.8 Å². The largest absolute Gasteiger partial charge is 0.443 e. The van der Waals surface area contributed by atoms with Gasteiger partial charge in [0.05, 0.1) is 11.6 Å². The van der Waals surface area contributed by atoms with Gasteiger partial charge in [0.2, 0.25) is 5.91 Å². The van der Waals surface area contributed by atoms with Crippen LogP contribution >= 0.6 is 0 Å². The van der Waals surface area contributed by atoms with Gasteiger partial charge in [0.15, 0.2) is 0 Å². The number of likely N-dealkylation sites (N-methyl/N-ethyl adjacent to an activating group) is 1. The summed E-state index contributed by atoms with van der Waals surface area (Å²) in [6.45, 7) is 5.46. The van der Waals surface area contributed by atoms with Crippen LogP contribution in [0.4, 0.5) is 4.79 Å². The van der Waals surface area contributed by atoms with Crippen LogP contribution in [0.5, 0.6) is 0 Å². The summed E-state index contributed by atoms with van der Waals surface area (Å²) < 4.78 is 6.90. The fourth-order valence-corrected chi connectivity index (χ4v) is 2.39. The Bertz CT molecular complexity index is 728. The van der Waals surface area contributed by atoms with Crippen LogP contribution in [0.15, 0.2) is 30.5 Å². The molecule has 1 aromatic carbocycles. The number of ether oxygens (including phenoxy) is 1. The van der Waals surface area contributed by atoms with Gasteiger partial charge >= 0.3 is 6.09 Å². The highest BCUT2D eigenvalue weighted by molar-refractivity contribution is 5.92. The lowest BCUT2D eigenvalue weighted by Crippen LogP contribution is -2.40. The summed E-state index contributed by atoms with van der Waals surface area (Å²) in [5.41, 5.74) is 6.89. The Labute approximate surface area is 135 Å². The molecular weight excluding hydrogens is 294 g/mol. The molecule has 6 nitrogen and oxygen atoms in total. The van der Waals surface area contributed by atoms with Gasteiger partial charge in [0.1, 0.15) is 5.60 Å². The van der Waals surface area contributed by atoms with Crippen LogP contribution in [-0.2, 0) is 16.0 Å². The number of carbonyl (C=O) groups excluding carboxylic acids is 2. The third-order valence-electron chi connectivity index (χ3n) is 3.41. The fraction of sp³-hybridized carbons (Fsp3) is 0.412. The molecule has 0 radical (unpaired) electrons. The molecule has 2 rings (SSSR count). The summed E-state index contributed by atoms with van der Waals surface area (Å²) in [5, 5.41) is 3.42. The second-order valence-electron chi connectivity index (χ2n) is 6.45. The van der Waals surface area contributed by atoms with Gasteiger partial charge in [-0.25, -0.2) is 4.79 Å². The maximum absolute atomic E-state index is 12.4. The second kappa shape index (κ2) is 6.42. The van der Waals surface area contributed by atoms with Crippen molar-refractivity contribution in [3.8, 4) is 0 Å². The first kappa shape index (κ1) is 17.0. The second-order valence-corrected chi connectivity index (χ2v) is 6.45. The first-order valence-corrected chi connectivity index (χ1v) is 7.52. The molecule has 0 bridgehead atoms. The average molecular weight is 317 g/mol. The predicted molar refractivity (Wildman–Crippen MR) is 89.3 cm³/mol. The van der Waals surface area contributed by atoms with E-state index in [-0.39, 0.29) is 5.91 Å². The summed E-state index contributed by atoms with van der Waals surface area (Å²) in [6, 6.07) is 6.82. The van der Waals surface area contributed by atoms with Gasteiger partial charge in [-0.05, 0) is 38.8 Å². The number of para-hydroxylation sites is 1. The van der Waals surface area contributed by atoms with Crippen LogP contribution in [0, 0.1) is 0 Å². The molecule has 124 valence electrons. The van der Waals surface area contributed by atoms with Crippen molar-refractivity contribution in [1.29, 1.82) is 0 Å². The van der Waals surface area contributed by atoms with Crippen molar-refractivity contribution in [2.75, 3.05) is 7.05 Å². The SMILES string of the molecule is CNC(=O)[C@@H](N)Cc1cn(C(=O)OC(C)(C)C)c2ccccc12. The van der Waals surface area contributed by atoms with Gasteiger partial charge in [0, 0.05) is 18.6 Å². The van der Waals surface area contributed by atoms with Crippen LogP contribution in [0.2, 0.25) is 0 Å². The van der Waals surface area contributed by atoms with Crippen LogP contribution in [0.25, 0.3) is 10.9 Å². The summed E-state index contributed by atoms with van der Waals surface area (Å²) in [7, 11) is 1.55. The van der Waals surface area contributed by atoms with Gasteiger partial charge < -0.3 is 15.8 Å². The van der Waals surface area contributed by atoms with Crippen molar-refractivity contribution in [2.24, 2.45) is 5.73 Å².